The van der Waals surface area contributed by atoms with Gasteiger partial charge in [-0.15, -0.1) is 0 Å². The fourth-order valence-electron chi connectivity index (χ4n) is 1.20. The maximum atomic E-state index is 12.9. The maximum Gasteiger partial charge on any atom is 0.216 e. The number of benzene rings is 1. The number of hydrogen-bond donors (Lipinski definition) is 1. The molecule has 2 nitrogen and oxygen atoms in total. The van der Waals surface area contributed by atoms with Crippen molar-refractivity contribution in [1.29, 1.82) is 0 Å². The Kier molecular flexibility index (Phi) is 2.83. The van der Waals surface area contributed by atoms with Gasteiger partial charge in [0.15, 0.2) is 0 Å². The molecule has 0 spiro atoms. The lowest BCUT2D eigenvalue weighted by Gasteiger charge is -2.05. The number of anilines is 2. The van der Waals surface area contributed by atoms with Gasteiger partial charge in [-0.25, -0.2) is 4.98 Å². The number of hydrogen-bond acceptors (Lipinski definition) is 2. The summed E-state index contributed by atoms with van der Waals surface area (Å²) in [5.74, 6) is -0.202. The topological polar surface area (TPSA) is 24.9 Å². The molecule has 0 unspecified atom stereocenters. The van der Waals surface area contributed by atoms with E-state index in [0.29, 0.717) is 10.8 Å². The summed E-state index contributed by atoms with van der Waals surface area (Å²) < 4.78 is 12.9. The van der Waals surface area contributed by atoms with Crippen molar-refractivity contribution in [3.63, 3.8) is 0 Å². The molecule has 0 saturated heterocycles. The number of nitrogens with one attached hydrogen (secondary N) is 1. The average molecular weight is 223 g/mol. The molecule has 0 amide bonds. The fourth-order valence-corrected chi connectivity index (χ4v) is 1.39. The molecule has 0 aliphatic heterocycles. The molecule has 0 bridgehead atoms. The van der Waals surface area contributed by atoms with Gasteiger partial charge in [0.1, 0.15) is 5.82 Å². The first kappa shape index (κ1) is 9.93. The molecule has 4 heteroatoms. The van der Waals surface area contributed by atoms with Crippen LogP contribution in [0.3, 0.4) is 0 Å². The fraction of sp³-hybridized carbons (Fsp3) is 0. The Morgan fingerprint density at radius 3 is 2.53 bits per heavy atom. The Morgan fingerprint density at radius 2 is 1.87 bits per heavy atom. The molecule has 2 aromatic rings. The van der Waals surface area contributed by atoms with Crippen LogP contribution in [0, 0.1) is 5.95 Å². The van der Waals surface area contributed by atoms with Crippen molar-refractivity contribution in [2.24, 2.45) is 0 Å². The average Bonchev–Trinajstić information content (AvgIpc) is 2.17. The standard InChI is InChI=1S/C11H8ClFN2/c12-8-6-10(13)15-11(7-8)14-9-4-2-1-3-5-9/h1-7H,(H,14,15). The molecule has 0 aliphatic rings. The number of aromatic nitrogens is 1. The molecule has 15 heavy (non-hydrogen) atoms. The van der Waals surface area contributed by atoms with E-state index in [1.165, 1.54) is 0 Å². The molecule has 1 heterocycles. The second kappa shape index (κ2) is 4.28. The number of nitrogens with zero attached hydrogens (tertiary/aromatic N) is 1. The van der Waals surface area contributed by atoms with Gasteiger partial charge in [-0.1, -0.05) is 29.8 Å². The predicted octanol–water partition coefficient (Wildman–Crippen LogP) is 3.62. The van der Waals surface area contributed by atoms with E-state index in [1.807, 2.05) is 30.3 Å². The summed E-state index contributed by atoms with van der Waals surface area (Å²) in [6.07, 6.45) is 0. The van der Waals surface area contributed by atoms with E-state index < -0.39 is 5.95 Å². The SMILES string of the molecule is Fc1cc(Cl)cc(Nc2ccccc2)n1. The van der Waals surface area contributed by atoms with Crippen LogP contribution >= 0.6 is 11.6 Å². The zero-order valence-corrected chi connectivity index (χ0v) is 8.50. The molecule has 0 atom stereocenters. The van der Waals surface area contributed by atoms with Gasteiger partial charge < -0.3 is 5.32 Å². The van der Waals surface area contributed by atoms with Crippen molar-refractivity contribution in [2.45, 2.75) is 0 Å². The number of halogens is 2. The Labute approximate surface area is 91.7 Å². The van der Waals surface area contributed by atoms with E-state index in [4.69, 9.17) is 11.6 Å². The lowest BCUT2D eigenvalue weighted by atomic mass is 10.3. The van der Waals surface area contributed by atoms with Crippen LogP contribution in [0.1, 0.15) is 0 Å². The second-order valence-electron chi connectivity index (χ2n) is 2.98. The minimum absolute atomic E-state index is 0.320. The Hall–Kier alpha value is -1.61. The first-order valence-corrected chi connectivity index (χ1v) is 4.77. The second-order valence-corrected chi connectivity index (χ2v) is 3.42. The van der Waals surface area contributed by atoms with Crippen LogP contribution in [0.5, 0.6) is 0 Å². The highest BCUT2D eigenvalue weighted by molar-refractivity contribution is 6.30. The third-order valence-corrected chi connectivity index (χ3v) is 2.02. The Balaban J connectivity index is 2.25. The monoisotopic (exact) mass is 222 g/mol. The highest BCUT2D eigenvalue weighted by atomic mass is 35.5. The number of para-hydroxylation sites is 1. The van der Waals surface area contributed by atoms with E-state index in [1.54, 1.807) is 6.07 Å². The zero-order valence-electron chi connectivity index (χ0n) is 7.74. The van der Waals surface area contributed by atoms with Crippen LogP contribution in [0.2, 0.25) is 5.02 Å². The van der Waals surface area contributed by atoms with E-state index in [9.17, 15) is 4.39 Å². The van der Waals surface area contributed by atoms with Crippen molar-refractivity contribution < 1.29 is 4.39 Å². The molecule has 0 fully saturated rings. The normalized spacial score (nSPS) is 10.0. The molecule has 0 saturated carbocycles. The molecule has 1 aromatic carbocycles. The zero-order chi connectivity index (χ0) is 10.7. The molecule has 0 aliphatic carbocycles. The quantitative estimate of drug-likeness (QED) is 0.785. The lowest BCUT2D eigenvalue weighted by Crippen LogP contribution is -1.94. The smallest absolute Gasteiger partial charge is 0.216 e. The molecule has 2 rings (SSSR count). The van der Waals surface area contributed by atoms with Crippen molar-refractivity contribution in [1.82, 2.24) is 4.98 Å². The lowest BCUT2D eigenvalue weighted by molar-refractivity contribution is 0.586. The van der Waals surface area contributed by atoms with E-state index in [2.05, 4.69) is 10.3 Å². The summed E-state index contributed by atoms with van der Waals surface area (Å²) in [7, 11) is 0. The van der Waals surface area contributed by atoms with Crippen LogP contribution in [0.25, 0.3) is 0 Å². The van der Waals surface area contributed by atoms with Crippen LogP contribution in [0.15, 0.2) is 42.5 Å². The van der Waals surface area contributed by atoms with Crippen LogP contribution < -0.4 is 5.32 Å². The van der Waals surface area contributed by atoms with Crippen LogP contribution in [-0.2, 0) is 0 Å². The largest absolute Gasteiger partial charge is 0.340 e. The number of pyridine rings is 1. The van der Waals surface area contributed by atoms with Gasteiger partial charge in [-0.05, 0) is 18.2 Å². The molecular formula is C11H8ClFN2. The number of rotatable bonds is 2. The van der Waals surface area contributed by atoms with Gasteiger partial charge in [0.05, 0.1) is 0 Å². The van der Waals surface area contributed by atoms with Gasteiger partial charge >= 0.3 is 0 Å². The molecule has 0 radical (unpaired) electrons. The molecule has 1 N–H and O–H groups in total. The van der Waals surface area contributed by atoms with E-state index in [-0.39, 0.29) is 0 Å². The summed E-state index contributed by atoms with van der Waals surface area (Å²) in [5, 5.41) is 3.27. The Morgan fingerprint density at radius 1 is 1.13 bits per heavy atom. The van der Waals surface area contributed by atoms with Gasteiger partial charge in [0.25, 0.3) is 0 Å². The van der Waals surface area contributed by atoms with Crippen molar-refractivity contribution in [3.8, 4) is 0 Å². The van der Waals surface area contributed by atoms with Crippen LogP contribution in [0.4, 0.5) is 15.9 Å². The minimum atomic E-state index is -0.596. The highest BCUT2D eigenvalue weighted by Gasteiger charge is 2.00. The summed E-state index contributed by atoms with van der Waals surface area (Å²) >= 11 is 5.70. The predicted molar refractivity (Wildman–Crippen MR) is 58.9 cm³/mol. The highest BCUT2D eigenvalue weighted by Crippen LogP contribution is 2.18. The molecular weight excluding hydrogens is 215 g/mol. The van der Waals surface area contributed by atoms with E-state index in [0.717, 1.165) is 11.8 Å². The van der Waals surface area contributed by atoms with Crippen molar-refractivity contribution >= 4 is 23.1 Å². The van der Waals surface area contributed by atoms with Gasteiger partial charge in [-0.3, -0.25) is 0 Å². The first-order valence-electron chi connectivity index (χ1n) is 4.39. The van der Waals surface area contributed by atoms with Crippen molar-refractivity contribution in [2.75, 3.05) is 5.32 Å². The summed E-state index contributed by atoms with van der Waals surface area (Å²) in [6, 6.07) is 12.1. The van der Waals surface area contributed by atoms with Crippen LogP contribution in [-0.4, -0.2) is 4.98 Å². The van der Waals surface area contributed by atoms with Crippen molar-refractivity contribution in [3.05, 3.63) is 53.4 Å². The molecule has 76 valence electrons. The van der Waals surface area contributed by atoms with E-state index >= 15 is 0 Å². The van der Waals surface area contributed by atoms with Gasteiger partial charge in [-0.2, -0.15) is 4.39 Å². The summed E-state index contributed by atoms with van der Waals surface area (Å²) in [6.45, 7) is 0. The maximum absolute atomic E-state index is 12.9. The minimum Gasteiger partial charge on any atom is -0.340 e. The summed E-state index contributed by atoms with van der Waals surface area (Å²) in [4.78, 5) is 3.67. The summed E-state index contributed by atoms with van der Waals surface area (Å²) in [5.41, 5.74) is 0.840. The molecule has 1 aromatic heterocycles. The third kappa shape index (κ3) is 2.67. The third-order valence-electron chi connectivity index (χ3n) is 1.81. The van der Waals surface area contributed by atoms with Gasteiger partial charge in [0, 0.05) is 16.8 Å². The Bertz CT molecular complexity index is 439. The first-order chi connectivity index (χ1) is 7.24. The van der Waals surface area contributed by atoms with Gasteiger partial charge in [0.2, 0.25) is 5.95 Å².